The summed E-state index contributed by atoms with van der Waals surface area (Å²) in [5.41, 5.74) is 1.19. The van der Waals surface area contributed by atoms with Crippen LogP contribution >= 0.6 is 11.3 Å². The fraction of sp³-hybridized carbons (Fsp3) is 0.812. The molecule has 1 aromatic heterocycles. The van der Waals surface area contributed by atoms with Crippen LogP contribution in [0.1, 0.15) is 10.7 Å². The zero-order valence-corrected chi connectivity index (χ0v) is 14.8. The number of aliphatic hydroxyl groups is 1. The van der Waals surface area contributed by atoms with Gasteiger partial charge in [-0.3, -0.25) is 14.7 Å². The maximum atomic E-state index is 10.3. The normalized spacial score (nSPS) is 23.2. The molecule has 2 fully saturated rings. The number of aromatic nitrogens is 1. The maximum absolute atomic E-state index is 10.3. The molecule has 1 N–H and O–H groups in total. The Morgan fingerprint density at radius 1 is 1.09 bits per heavy atom. The van der Waals surface area contributed by atoms with Crippen molar-refractivity contribution in [3.8, 4) is 0 Å². The van der Waals surface area contributed by atoms with Gasteiger partial charge in [0.2, 0.25) is 0 Å². The molecular weight excluding hydrogens is 312 g/mol. The van der Waals surface area contributed by atoms with Gasteiger partial charge in [-0.05, 0) is 6.92 Å². The molecule has 0 saturated carbocycles. The Balaban J connectivity index is 1.35. The second kappa shape index (κ2) is 8.50. The summed E-state index contributed by atoms with van der Waals surface area (Å²) in [5, 5.41) is 13.6. The molecular formula is C16H28N4O2S. The summed E-state index contributed by atoms with van der Waals surface area (Å²) in [6.07, 6.45) is -0.263. The fourth-order valence-electron chi connectivity index (χ4n) is 3.28. The monoisotopic (exact) mass is 340 g/mol. The first kappa shape index (κ1) is 17.3. The molecule has 1 aromatic rings. The first-order valence-corrected chi connectivity index (χ1v) is 9.41. The van der Waals surface area contributed by atoms with Crippen LogP contribution in [0.3, 0.4) is 0 Å². The Morgan fingerprint density at radius 3 is 2.30 bits per heavy atom. The number of aliphatic hydroxyl groups excluding tert-OH is 1. The van der Waals surface area contributed by atoms with E-state index in [-0.39, 0.29) is 6.10 Å². The Hall–Kier alpha value is -0.570. The average Bonchev–Trinajstić information content (AvgIpc) is 2.95. The Bertz CT molecular complexity index is 470. The molecule has 0 amide bonds. The molecule has 0 aromatic carbocycles. The summed E-state index contributed by atoms with van der Waals surface area (Å²) >= 11 is 1.72. The van der Waals surface area contributed by atoms with Gasteiger partial charge >= 0.3 is 0 Å². The third-order valence-electron chi connectivity index (χ3n) is 4.56. The number of piperazine rings is 1. The van der Waals surface area contributed by atoms with Crippen LogP contribution in [0.2, 0.25) is 0 Å². The predicted octanol–water partition coefficient (Wildman–Crippen LogP) is 0.262. The van der Waals surface area contributed by atoms with E-state index in [1.807, 2.05) is 0 Å². The third kappa shape index (κ3) is 5.48. The van der Waals surface area contributed by atoms with E-state index < -0.39 is 0 Å². The van der Waals surface area contributed by atoms with Gasteiger partial charge in [0, 0.05) is 64.3 Å². The van der Waals surface area contributed by atoms with Crippen molar-refractivity contribution in [2.75, 3.05) is 65.6 Å². The van der Waals surface area contributed by atoms with Gasteiger partial charge < -0.3 is 9.84 Å². The largest absolute Gasteiger partial charge is 0.390 e. The van der Waals surface area contributed by atoms with Gasteiger partial charge in [0.05, 0.1) is 30.0 Å². The molecule has 0 spiro atoms. The number of β-amino-alcohol motifs (C(OH)–C–C–N with tert-alkyl or cyclic N) is 1. The Labute approximate surface area is 142 Å². The third-order valence-corrected chi connectivity index (χ3v) is 5.38. The van der Waals surface area contributed by atoms with Gasteiger partial charge in [0.25, 0.3) is 0 Å². The van der Waals surface area contributed by atoms with Crippen molar-refractivity contribution < 1.29 is 9.84 Å². The first-order valence-electron chi connectivity index (χ1n) is 8.53. The lowest BCUT2D eigenvalue weighted by Crippen LogP contribution is -2.50. The lowest BCUT2D eigenvalue weighted by Gasteiger charge is -2.36. The van der Waals surface area contributed by atoms with Crippen LogP contribution in [-0.2, 0) is 11.3 Å². The van der Waals surface area contributed by atoms with Crippen molar-refractivity contribution in [3.05, 3.63) is 16.1 Å². The molecule has 130 valence electrons. The summed E-state index contributed by atoms with van der Waals surface area (Å²) in [6, 6.07) is 0. The Kier molecular flexibility index (Phi) is 6.38. The minimum Gasteiger partial charge on any atom is -0.390 e. The lowest BCUT2D eigenvalue weighted by molar-refractivity contribution is 0.00213. The van der Waals surface area contributed by atoms with Crippen molar-refractivity contribution in [1.29, 1.82) is 0 Å². The maximum Gasteiger partial charge on any atom is 0.0897 e. The van der Waals surface area contributed by atoms with E-state index >= 15 is 0 Å². The van der Waals surface area contributed by atoms with E-state index in [1.165, 1.54) is 5.69 Å². The SMILES string of the molecule is Cc1nc(CN2CCN(CC(O)CN3CCOCC3)CC2)cs1. The second-order valence-electron chi connectivity index (χ2n) is 6.50. The van der Waals surface area contributed by atoms with Crippen LogP contribution in [0.5, 0.6) is 0 Å². The van der Waals surface area contributed by atoms with E-state index in [4.69, 9.17) is 4.74 Å². The van der Waals surface area contributed by atoms with E-state index in [1.54, 1.807) is 11.3 Å². The van der Waals surface area contributed by atoms with Crippen molar-refractivity contribution in [2.45, 2.75) is 19.6 Å². The van der Waals surface area contributed by atoms with Crippen LogP contribution in [0.4, 0.5) is 0 Å². The summed E-state index contributed by atoms with van der Waals surface area (Å²) < 4.78 is 5.35. The van der Waals surface area contributed by atoms with E-state index in [2.05, 4.69) is 32.0 Å². The van der Waals surface area contributed by atoms with Gasteiger partial charge in [-0.1, -0.05) is 0 Å². The van der Waals surface area contributed by atoms with E-state index in [0.717, 1.165) is 77.1 Å². The molecule has 2 saturated heterocycles. The molecule has 23 heavy (non-hydrogen) atoms. The van der Waals surface area contributed by atoms with Gasteiger partial charge in [-0.25, -0.2) is 4.98 Å². The molecule has 0 aliphatic carbocycles. The molecule has 3 heterocycles. The van der Waals surface area contributed by atoms with Crippen LogP contribution in [0.25, 0.3) is 0 Å². The molecule has 1 unspecified atom stereocenters. The number of hydrogen-bond acceptors (Lipinski definition) is 7. The molecule has 0 bridgehead atoms. The number of rotatable bonds is 6. The number of thiazole rings is 1. The summed E-state index contributed by atoms with van der Waals surface area (Å²) in [6.45, 7) is 12.2. The summed E-state index contributed by atoms with van der Waals surface area (Å²) in [4.78, 5) is 11.7. The van der Waals surface area contributed by atoms with Crippen molar-refractivity contribution in [1.82, 2.24) is 19.7 Å². The van der Waals surface area contributed by atoms with Gasteiger partial charge in [-0.2, -0.15) is 0 Å². The predicted molar refractivity (Wildman–Crippen MR) is 91.8 cm³/mol. The van der Waals surface area contributed by atoms with Gasteiger partial charge in [0.15, 0.2) is 0 Å². The van der Waals surface area contributed by atoms with Crippen molar-refractivity contribution in [3.63, 3.8) is 0 Å². The van der Waals surface area contributed by atoms with Gasteiger partial charge in [0.1, 0.15) is 0 Å². The van der Waals surface area contributed by atoms with Crippen molar-refractivity contribution in [2.24, 2.45) is 0 Å². The van der Waals surface area contributed by atoms with Crippen LogP contribution in [0.15, 0.2) is 5.38 Å². The van der Waals surface area contributed by atoms with E-state index in [9.17, 15) is 5.11 Å². The van der Waals surface area contributed by atoms with Crippen LogP contribution in [-0.4, -0.2) is 96.5 Å². The topological polar surface area (TPSA) is 52.1 Å². The number of aryl methyl sites for hydroxylation is 1. The van der Waals surface area contributed by atoms with E-state index in [0.29, 0.717) is 0 Å². The highest BCUT2D eigenvalue weighted by molar-refractivity contribution is 7.09. The summed E-state index contributed by atoms with van der Waals surface area (Å²) in [7, 11) is 0. The number of morpholine rings is 1. The number of nitrogens with zero attached hydrogens (tertiary/aromatic N) is 4. The highest BCUT2D eigenvalue weighted by Crippen LogP contribution is 2.12. The quantitative estimate of drug-likeness (QED) is 0.802. The minimum absolute atomic E-state index is 0.263. The fourth-order valence-corrected chi connectivity index (χ4v) is 3.88. The highest BCUT2D eigenvalue weighted by atomic mass is 32.1. The standard InChI is InChI=1S/C16H28N4O2S/c1-14-17-15(13-23-14)10-18-2-4-19(5-3-18)11-16(21)12-20-6-8-22-9-7-20/h13,16,21H,2-12H2,1H3. The first-order chi connectivity index (χ1) is 11.2. The van der Waals surface area contributed by atoms with Crippen molar-refractivity contribution >= 4 is 11.3 Å². The number of ether oxygens (including phenoxy) is 1. The molecule has 3 rings (SSSR count). The molecule has 2 aliphatic rings. The lowest BCUT2D eigenvalue weighted by atomic mass is 10.2. The zero-order valence-electron chi connectivity index (χ0n) is 14.0. The molecule has 1 atom stereocenters. The molecule has 0 radical (unpaired) electrons. The molecule has 7 heteroatoms. The Morgan fingerprint density at radius 2 is 1.70 bits per heavy atom. The highest BCUT2D eigenvalue weighted by Gasteiger charge is 2.21. The van der Waals surface area contributed by atoms with Gasteiger partial charge in [-0.15, -0.1) is 11.3 Å². The van der Waals surface area contributed by atoms with Crippen LogP contribution in [0, 0.1) is 6.92 Å². The molecule has 6 nitrogen and oxygen atoms in total. The van der Waals surface area contributed by atoms with Crippen LogP contribution < -0.4 is 0 Å². The smallest absolute Gasteiger partial charge is 0.0897 e. The number of hydrogen-bond donors (Lipinski definition) is 1. The second-order valence-corrected chi connectivity index (χ2v) is 7.56. The summed E-state index contributed by atoms with van der Waals surface area (Å²) in [5.74, 6) is 0. The average molecular weight is 340 g/mol. The zero-order chi connectivity index (χ0) is 16.1. The molecule has 2 aliphatic heterocycles. The minimum atomic E-state index is -0.263.